The quantitative estimate of drug-likeness (QED) is 0.546. The van der Waals surface area contributed by atoms with Crippen molar-refractivity contribution < 1.29 is 4.79 Å². The van der Waals surface area contributed by atoms with Crippen molar-refractivity contribution in [2.45, 2.75) is 64.5 Å². The number of carbonyl (C=O) groups is 1. The molecule has 1 aromatic carbocycles. The molecule has 6 nitrogen and oxygen atoms in total. The van der Waals surface area contributed by atoms with E-state index in [1.54, 1.807) is 0 Å². The Labute approximate surface area is 175 Å². The maximum absolute atomic E-state index is 12.2. The third kappa shape index (κ3) is 6.38. The van der Waals surface area contributed by atoms with Crippen LogP contribution in [0.3, 0.4) is 0 Å². The molecular weight excluding hydrogens is 362 g/mol. The summed E-state index contributed by atoms with van der Waals surface area (Å²) in [5.41, 5.74) is 2.46. The van der Waals surface area contributed by atoms with Crippen LogP contribution in [0.4, 0.5) is 5.69 Å². The molecule has 0 radical (unpaired) electrons. The Balaban J connectivity index is 1.52. The maximum atomic E-state index is 12.2. The van der Waals surface area contributed by atoms with E-state index in [4.69, 9.17) is 0 Å². The molecule has 1 aliphatic carbocycles. The van der Waals surface area contributed by atoms with Crippen LogP contribution in [0.1, 0.15) is 57.4 Å². The first kappa shape index (κ1) is 21.5. The first-order chi connectivity index (χ1) is 14.2. The Hall–Kier alpha value is -2.24. The number of benzene rings is 1. The molecule has 0 aromatic heterocycles. The van der Waals surface area contributed by atoms with Crippen LogP contribution in [0.15, 0.2) is 29.3 Å². The first-order valence-electron chi connectivity index (χ1n) is 11.3. The van der Waals surface area contributed by atoms with Crippen molar-refractivity contribution in [2.75, 3.05) is 38.1 Å². The van der Waals surface area contributed by atoms with Gasteiger partial charge < -0.3 is 20.4 Å². The van der Waals surface area contributed by atoms with Gasteiger partial charge in [0.15, 0.2) is 5.96 Å². The number of likely N-dealkylation sites (tertiary alicyclic amines) is 1. The van der Waals surface area contributed by atoms with E-state index in [-0.39, 0.29) is 5.91 Å². The van der Waals surface area contributed by atoms with Crippen molar-refractivity contribution in [3.63, 3.8) is 0 Å². The number of aliphatic imine (C=N–C) groups is 1. The summed E-state index contributed by atoms with van der Waals surface area (Å²) in [5.74, 6) is 0.853. The van der Waals surface area contributed by atoms with Crippen molar-refractivity contribution >= 4 is 17.6 Å². The Bertz CT molecular complexity index is 660. The van der Waals surface area contributed by atoms with Gasteiger partial charge in [0.25, 0.3) is 0 Å². The highest BCUT2D eigenvalue weighted by molar-refractivity contribution is 5.86. The Morgan fingerprint density at radius 1 is 1.07 bits per heavy atom. The maximum Gasteiger partial charge on any atom is 0.241 e. The topological polar surface area (TPSA) is 60.0 Å². The standard InChI is InChI=1S/C23H37N5O/c1-3-24-23(26-18-22(29)28-15-7-8-16-28)25-17-19-11-13-21(14-12-19)27(2)20-9-5-4-6-10-20/h11-14,20H,3-10,15-18H2,1-2H3,(H2,24,25,26). The number of hydrogen-bond donors (Lipinski definition) is 2. The van der Waals surface area contributed by atoms with Crippen LogP contribution in [-0.2, 0) is 11.3 Å². The van der Waals surface area contributed by atoms with Gasteiger partial charge in [-0.2, -0.15) is 0 Å². The third-order valence-electron chi connectivity index (χ3n) is 6.10. The second-order valence-electron chi connectivity index (χ2n) is 8.21. The van der Waals surface area contributed by atoms with E-state index in [9.17, 15) is 4.79 Å². The predicted octanol–water partition coefficient (Wildman–Crippen LogP) is 3.13. The zero-order chi connectivity index (χ0) is 20.5. The Kier molecular flexibility index (Phi) is 8.20. The van der Waals surface area contributed by atoms with Gasteiger partial charge in [-0.3, -0.25) is 4.79 Å². The molecule has 2 N–H and O–H groups in total. The molecule has 1 saturated heterocycles. The van der Waals surface area contributed by atoms with Gasteiger partial charge in [0, 0.05) is 38.4 Å². The molecule has 3 rings (SSSR count). The fourth-order valence-electron chi connectivity index (χ4n) is 4.27. The van der Waals surface area contributed by atoms with Crippen LogP contribution in [0.5, 0.6) is 0 Å². The second kappa shape index (κ2) is 11.1. The summed E-state index contributed by atoms with van der Waals surface area (Å²) in [7, 11) is 2.22. The monoisotopic (exact) mass is 399 g/mol. The van der Waals surface area contributed by atoms with Crippen molar-refractivity contribution in [3.8, 4) is 0 Å². The molecule has 0 bridgehead atoms. The van der Waals surface area contributed by atoms with E-state index in [0.29, 0.717) is 25.1 Å². The van der Waals surface area contributed by atoms with E-state index >= 15 is 0 Å². The fourth-order valence-corrected chi connectivity index (χ4v) is 4.27. The molecule has 0 spiro atoms. The number of guanidine groups is 1. The number of carbonyl (C=O) groups excluding carboxylic acids is 1. The van der Waals surface area contributed by atoms with E-state index in [1.165, 1.54) is 43.4 Å². The van der Waals surface area contributed by atoms with Gasteiger partial charge in [-0.25, -0.2) is 4.99 Å². The molecule has 0 atom stereocenters. The third-order valence-corrected chi connectivity index (χ3v) is 6.10. The van der Waals surface area contributed by atoms with Crippen molar-refractivity contribution in [2.24, 2.45) is 4.99 Å². The molecule has 2 aliphatic rings. The lowest BCUT2D eigenvalue weighted by Crippen LogP contribution is -2.44. The van der Waals surface area contributed by atoms with Gasteiger partial charge in [0.2, 0.25) is 5.91 Å². The number of hydrogen-bond acceptors (Lipinski definition) is 3. The minimum absolute atomic E-state index is 0.156. The number of anilines is 1. The summed E-state index contributed by atoms with van der Waals surface area (Å²) in [6.07, 6.45) is 8.92. The zero-order valence-electron chi connectivity index (χ0n) is 18.1. The van der Waals surface area contributed by atoms with Gasteiger partial charge in [-0.05, 0) is 50.3 Å². The lowest BCUT2D eigenvalue weighted by Gasteiger charge is -2.33. The van der Waals surface area contributed by atoms with E-state index < -0.39 is 0 Å². The summed E-state index contributed by atoms with van der Waals surface area (Å²) in [6.45, 7) is 5.48. The number of nitrogens with one attached hydrogen (secondary N) is 2. The minimum atomic E-state index is 0.156. The number of rotatable bonds is 7. The van der Waals surface area contributed by atoms with Crippen LogP contribution in [0, 0.1) is 0 Å². The molecule has 0 unspecified atom stereocenters. The smallest absolute Gasteiger partial charge is 0.241 e. The molecule has 1 aromatic rings. The summed E-state index contributed by atoms with van der Waals surface area (Å²) in [5, 5.41) is 6.41. The molecular formula is C23H37N5O. The average Bonchev–Trinajstić information content (AvgIpc) is 3.31. The van der Waals surface area contributed by atoms with Gasteiger partial charge in [0.1, 0.15) is 0 Å². The first-order valence-corrected chi connectivity index (χ1v) is 11.3. The van der Waals surface area contributed by atoms with Crippen molar-refractivity contribution in [3.05, 3.63) is 29.8 Å². The second-order valence-corrected chi connectivity index (χ2v) is 8.21. The molecule has 6 heteroatoms. The average molecular weight is 400 g/mol. The molecule has 160 valence electrons. The highest BCUT2D eigenvalue weighted by Gasteiger charge is 2.19. The van der Waals surface area contributed by atoms with Crippen LogP contribution in [-0.4, -0.2) is 56.0 Å². The summed E-state index contributed by atoms with van der Waals surface area (Å²) < 4.78 is 0. The SMILES string of the molecule is CCNC(=NCc1ccc(N(C)C2CCCCC2)cc1)NCC(=O)N1CCCC1. The lowest BCUT2D eigenvalue weighted by molar-refractivity contribution is -0.128. The summed E-state index contributed by atoms with van der Waals surface area (Å²) >= 11 is 0. The normalized spacial score (nSPS) is 18.0. The zero-order valence-corrected chi connectivity index (χ0v) is 18.1. The molecule has 1 aliphatic heterocycles. The Morgan fingerprint density at radius 2 is 1.76 bits per heavy atom. The summed E-state index contributed by atoms with van der Waals surface area (Å²) in [4.78, 5) is 21.3. The van der Waals surface area contributed by atoms with Crippen molar-refractivity contribution in [1.82, 2.24) is 15.5 Å². The van der Waals surface area contributed by atoms with E-state index in [0.717, 1.165) is 32.5 Å². The molecule has 2 fully saturated rings. The van der Waals surface area contributed by atoms with Gasteiger partial charge in [-0.1, -0.05) is 31.4 Å². The number of amides is 1. The highest BCUT2D eigenvalue weighted by Crippen LogP contribution is 2.26. The van der Waals surface area contributed by atoms with E-state index in [2.05, 4.69) is 51.8 Å². The van der Waals surface area contributed by atoms with E-state index in [1.807, 2.05) is 11.8 Å². The molecule has 1 saturated carbocycles. The van der Waals surface area contributed by atoms with Gasteiger partial charge >= 0.3 is 0 Å². The Morgan fingerprint density at radius 3 is 2.41 bits per heavy atom. The van der Waals surface area contributed by atoms with Gasteiger partial charge in [-0.15, -0.1) is 0 Å². The molecule has 1 amide bonds. The molecule has 1 heterocycles. The summed E-state index contributed by atoms with van der Waals surface area (Å²) in [6, 6.07) is 9.41. The van der Waals surface area contributed by atoms with Crippen LogP contribution in [0.2, 0.25) is 0 Å². The highest BCUT2D eigenvalue weighted by atomic mass is 16.2. The number of nitrogens with zero attached hydrogens (tertiary/aromatic N) is 3. The predicted molar refractivity (Wildman–Crippen MR) is 120 cm³/mol. The largest absolute Gasteiger partial charge is 0.372 e. The lowest BCUT2D eigenvalue weighted by atomic mass is 9.94. The van der Waals surface area contributed by atoms with Gasteiger partial charge in [0.05, 0.1) is 13.1 Å². The van der Waals surface area contributed by atoms with Crippen LogP contribution < -0.4 is 15.5 Å². The van der Waals surface area contributed by atoms with Crippen LogP contribution in [0.25, 0.3) is 0 Å². The minimum Gasteiger partial charge on any atom is -0.372 e. The van der Waals surface area contributed by atoms with Crippen LogP contribution >= 0.6 is 0 Å². The van der Waals surface area contributed by atoms with Crippen molar-refractivity contribution in [1.29, 1.82) is 0 Å². The molecule has 29 heavy (non-hydrogen) atoms. The fraction of sp³-hybridized carbons (Fsp3) is 0.652.